The molecule has 0 atom stereocenters. The average molecular weight is 309 g/mol. The third-order valence-corrected chi connectivity index (χ3v) is 3.06. The number of para-hydroxylation sites is 1. The third kappa shape index (κ3) is 4.13. The highest BCUT2D eigenvalue weighted by Gasteiger charge is 2.04. The fourth-order valence-corrected chi connectivity index (χ4v) is 1.93. The molecule has 0 spiro atoms. The summed E-state index contributed by atoms with van der Waals surface area (Å²) < 4.78 is 7.17. The summed E-state index contributed by atoms with van der Waals surface area (Å²) in [6.07, 6.45) is 4.97. The molecular weight excluding hydrogens is 294 g/mol. The Morgan fingerprint density at radius 3 is 2.57 bits per heavy atom. The van der Waals surface area contributed by atoms with E-state index in [0.717, 1.165) is 5.75 Å². The van der Waals surface area contributed by atoms with Crippen molar-refractivity contribution < 1.29 is 9.53 Å². The molecule has 3 rings (SSSR count). The zero-order valence-electron chi connectivity index (χ0n) is 12.3. The minimum atomic E-state index is -0.125. The highest BCUT2D eigenvalue weighted by Crippen LogP contribution is 2.11. The van der Waals surface area contributed by atoms with E-state index in [1.165, 1.54) is 0 Å². The molecule has 0 bridgehead atoms. The molecular formula is C16H15N5O2. The number of hydrogen-bond donors (Lipinski definition) is 1. The van der Waals surface area contributed by atoms with Crippen LogP contribution in [0.4, 0.5) is 5.69 Å². The van der Waals surface area contributed by atoms with Gasteiger partial charge in [-0.05, 0) is 24.3 Å². The summed E-state index contributed by atoms with van der Waals surface area (Å²) >= 11 is 0. The van der Waals surface area contributed by atoms with E-state index in [-0.39, 0.29) is 12.3 Å². The van der Waals surface area contributed by atoms with Crippen LogP contribution in [0.15, 0.2) is 61.3 Å². The SMILES string of the molecule is O=C(CCOc1ccccc1)Nc1ccc(-n2cnnc2)nc1. The molecule has 0 aliphatic heterocycles. The fraction of sp³-hybridized carbons (Fsp3) is 0.125. The van der Waals surface area contributed by atoms with Crippen LogP contribution in [0.2, 0.25) is 0 Å². The number of hydrogen-bond acceptors (Lipinski definition) is 5. The van der Waals surface area contributed by atoms with Crippen molar-refractivity contribution in [3.8, 4) is 11.6 Å². The predicted octanol–water partition coefficient (Wildman–Crippen LogP) is 2.07. The van der Waals surface area contributed by atoms with Crippen molar-refractivity contribution in [2.75, 3.05) is 11.9 Å². The van der Waals surface area contributed by atoms with Crippen molar-refractivity contribution in [2.24, 2.45) is 0 Å². The van der Waals surface area contributed by atoms with Gasteiger partial charge < -0.3 is 10.1 Å². The van der Waals surface area contributed by atoms with Gasteiger partial charge in [0.2, 0.25) is 5.91 Å². The van der Waals surface area contributed by atoms with Gasteiger partial charge in [0.05, 0.1) is 24.9 Å². The van der Waals surface area contributed by atoms with E-state index in [1.807, 2.05) is 30.3 Å². The van der Waals surface area contributed by atoms with Crippen LogP contribution in [0, 0.1) is 0 Å². The maximum Gasteiger partial charge on any atom is 0.227 e. The third-order valence-electron chi connectivity index (χ3n) is 3.06. The lowest BCUT2D eigenvalue weighted by molar-refractivity contribution is -0.116. The topological polar surface area (TPSA) is 81.9 Å². The highest BCUT2D eigenvalue weighted by atomic mass is 16.5. The Morgan fingerprint density at radius 2 is 1.87 bits per heavy atom. The number of anilines is 1. The molecule has 0 aliphatic rings. The van der Waals surface area contributed by atoms with E-state index in [9.17, 15) is 4.79 Å². The van der Waals surface area contributed by atoms with Crippen LogP contribution in [-0.2, 0) is 4.79 Å². The van der Waals surface area contributed by atoms with Gasteiger partial charge in [-0.1, -0.05) is 18.2 Å². The molecule has 0 fully saturated rings. The summed E-state index contributed by atoms with van der Waals surface area (Å²) in [6, 6.07) is 12.9. The van der Waals surface area contributed by atoms with Gasteiger partial charge in [-0.15, -0.1) is 10.2 Å². The minimum absolute atomic E-state index is 0.125. The van der Waals surface area contributed by atoms with Gasteiger partial charge in [0.25, 0.3) is 0 Å². The number of pyridine rings is 1. The van der Waals surface area contributed by atoms with Gasteiger partial charge in [-0.2, -0.15) is 0 Å². The molecule has 3 aromatic rings. The number of carbonyl (C=O) groups is 1. The first-order chi connectivity index (χ1) is 11.3. The number of nitrogens with one attached hydrogen (secondary N) is 1. The number of benzene rings is 1. The van der Waals surface area contributed by atoms with Gasteiger partial charge in [-0.3, -0.25) is 9.36 Å². The lowest BCUT2D eigenvalue weighted by Crippen LogP contribution is -2.15. The number of rotatable bonds is 6. The fourth-order valence-electron chi connectivity index (χ4n) is 1.93. The maximum atomic E-state index is 11.9. The molecule has 7 heteroatoms. The summed E-state index contributed by atoms with van der Waals surface area (Å²) in [5.41, 5.74) is 0.631. The summed E-state index contributed by atoms with van der Waals surface area (Å²) in [5.74, 6) is 1.31. The van der Waals surface area contributed by atoms with Crippen LogP contribution < -0.4 is 10.1 Å². The monoisotopic (exact) mass is 309 g/mol. The van der Waals surface area contributed by atoms with Crippen LogP contribution in [0.3, 0.4) is 0 Å². The lowest BCUT2D eigenvalue weighted by atomic mass is 10.3. The zero-order chi connectivity index (χ0) is 15.9. The van der Waals surface area contributed by atoms with Crippen molar-refractivity contribution in [2.45, 2.75) is 6.42 Å². The summed E-state index contributed by atoms with van der Waals surface area (Å²) in [6.45, 7) is 0.321. The van der Waals surface area contributed by atoms with Crippen molar-refractivity contribution in [3.63, 3.8) is 0 Å². The number of aromatic nitrogens is 4. The van der Waals surface area contributed by atoms with E-state index in [1.54, 1.807) is 35.6 Å². The van der Waals surface area contributed by atoms with Crippen LogP contribution in [0.25, 0.3) is 5.82 Å². The second-order valence-corrected chi connectivity index (χ2v) is 4.73. The van der Waals surface area contributed by atoms with Gasteiger partial charge >= 0.3 is 0 Å². The molecule has 0 aliphatic carbocycles. The van der Waals surface area contributed by atoms with E-state index in [0.29, 0.717) is 18.1 Å². The Labute approximate surface area is 133 Å². The molecule has 23 heavy (non-hydrogen) atoms. The van der Waals surface area contributed by atoms with E-state index >= 15 is 0 Å². The number of nitrogens with zero attached hydrogens (tertiary/aromatic N) is 4. The molecule has 2 aromatic heterocycles. The summed E-state index contributed by atoms with van der Waals surface area (Å²) in [4.78, 5) is 16.1. The summed E-state index contributed by atoms with van der Waals surface area (Å²) in [7, 11) is 0. The van der Waals surface area contributed by atoms with Crippen LogP contribution in [-0.4, -0.2) is 32.3 Å². The van der Waals surface area contributed by atoms with Crippen LogP contribution in [0.5, 0.6) is 5.75 Å². The number of ether oxygens (including phenoxy) is 1. The quantitative estimate of drug-likeness (QED) is 0.754. The lowest BCUT2D eigenvalue weighted by Gasteiger charge is -2.07. The second-order valence-electron chi connectivity index (χ2n) is 4.73. The molecule has 1 aromatic carbocycles. The van der Waals surface area contributed by atoms with E-state index in [2.05, 4.69) is 20.5 Å². The molecule has 1 amide bonds. The first kappa shape index (κ1) is 14.7. The van der Waals surface area contributed by atoms with Crippen molar-refractivity contribution >= 4 is 11.6 Å². The molecule has 0 saturated heterocycles. The predicted molar refractivity (Wildman–Crippen MR) is 84.3 cm³/mol. The smallest absolute Gasteiger partial charge is 0.227 e. The highest BCUT2D eigenvalue weighted by molar-refractivity contribution is 5.90. The number of carbonyl (C=O) groups excluding carboxylic acids is 1. The largest absolute Gasteiger partial charge is 0.493 e. The average Bonchev–Trinajstić information content (AvgIpc) is 3.11. The Bertz CT molecular complexity index is 742. The number of amides is 1. The maximum absolute atomic E-state index is 11.9. The van der Waals surface area contributed by atoms with Crippen molar-refractivity contribution in [1.82, 2.24) is 19.7 Å². The van der Waals surface area contributed by atoms with Crippen molar-refractivity contribution in [1.29, 1.82) is 0 Å². The molecule has 0 unspecified atom stereocenters. The van der Waals surface area contributed by atoms with Crippen LogP contribution in [0.1, 0.15) is 6.42 Å². The molecule has 2 heterocycles. The Morgan fingerprint density at radius 1 is 1.09 bits per heavy atom. The molecule has 116 valence electrons. The Kier molecular flexibility index (Phi) is 4.58. The van der Waals surface area contributed by atoms with Gasteiger partial charge in [-0.25, -0.2) is 4.98 Å². The first-order valence-electron chi connectivity index (χ1n) is 7.10. The molecule has 1 N–H and O–H groups in total. The molecule has 0 saturated carbocycles. The Balaban J connectivity index is 1.48. The zero-order valence-corrected chi connectivity index (χ0v) is 12.3. The normalized spacial score (nSPS) is 10.3. The molecule has 0 radical (unpaired) electrons. The van der Waals surface area contributed by atoms with Crippen LogP contribution >= 0.6 is 0 Å². The van der Waals surface area contributed by atoms with Gasteiger partial charge in [0, 0.05) is 0 Å². The van der Waals surface area contributed by atoms with Gasteiger partial charge in [0.15, 0.2) is 0 Å². The molecule has 7 nitrogen and oxygen atoms in total. The van der Waals surface area contributed by atoms with E-state index < -0.39 is 0 Å². The second kappa shape index (κ2) is 7.17. The standard InChI is InChI=1S/C16H15N5O2/c22-16(8-9-23-14-4-2-1-3-5-14)20-13-6-7-15(17-10-13)21-11-18-19-12-21/h1-7,10-12H,8-9H2,(H,20,22). The summed E-state index contributed by atoms with van der Waals surface area (Å²) in [5, 5.41) is 10.2. The van der Waals surface area contributed by atoms with E-state index in [4.69, 9.17) is 4.74 Å². The first-order valence-corrected chi connectivity index (χ1v) is 7.10. The van der Waals surface area contributed by atoms with Crippen molar-refractivity contribution in [3.05, 3.63) is 61.3 Å². The minimum Gasteiger partial charge on any atom is -0.493 e. The Hall–Kier alpha value is -3.22. The van der Waals surface area contributed by atoms with Gasteiger partial charge in [0.1, 0.15) is 24.2 Å².